The third-order valence-electron chi connectivity index (χ3n) is 6.48. The molecule has 1 aromatic heterocycles. The summed E-state index contributed by atoms with van der Waals surface area (Å²) in [5.41, 5.74) is 7.63. The van der Waals surface area contributed by atoms with E-state index in [9.17, 15) is 4.39 Å². The van der Waals surface area contributed by atoms with Crippen LogP contribution in [0.25, 0.3) is 0 Å². The van der Waals surface area contributed by atoms with E-state index >= 15 is 0 Å². The minimum atomic E-state index is -0.926. The second kappa shape index (κ2) is 8.18. The molecule has 8 heteroatoms. The number of hydrogen-bond acceptors (Lipinski definition) is 7. The molecule has 2 N–H and O–H groups in total. The Morgan fingerprint density at radius 1 is 1.21 bits per heavy atom. The monoisotopic (exact) mass is 392 g/mol. The van der Waals surface area contributed by atoms with Crippen molar-refractivity contribution in [1.82, 2.24) is 25.7 Å². The minimum Gasteiger partial charge on any atom is -0.373 e. The van der Waals surface area contributed by atoms with Gasteiger partial charge in [0.15, 0.2) is 0 Å². The normalized spacial score (nSPS) is 36.7. The van der Waals surface area contributed by atoms with Crippen LogP contribution in [0.1, 0.15) is 45.3 Å². The summed E-state index contributed by atoms with van der Waals surface area (Å²) in [4.78, 5) is 13.8. The van der Waals surface area contributed by atoms with Crippen LogP contribution in [-0.4, -0.2) is 72.0 Å². The highest BCUT2D eigenvalue weighted by Gasteiger charge is 2.46. The van der Waals surface area contributed by atoms with Crippen molar-refractivity contribution in [2.75, 3.05) is 31.6 Å². The van der Waals surface area contributed by atoms with Crippen LogP contribution in [0.2, 0.25) is 0 Å². The number of rotatable bonds is 4. The van der Waals surface area contributed by atoms with Gasteiger partial charge in [-0.1, -0.05) is 0 Å². The summed E-state index contributed by atoms with van der Waals surface area (Å²) in [6.45, 7) is 9.13. The van der Waals surface area contributed by atoms with E-state index < -0.39 is 6.17 Å². The Labute approximate surface area is 167 Å². The van der Waals surface area contributed by atoms with Crippen LogP contribution < -0.4 is 15.8 Å². The van der Waals surface area contributed by atoms with Gasteiger partial charge in [-0.15, -0.1) is 0 Å². The Kier molecular flexibility index (Phi) is 5.83. The van der Waals surface area contributed by atoms with Crippen molar-refractivity contribution in [3.63, 3.8) is 0 Å². The van der Waals surface area contributed by atoms with Crippen LogP contribution in [0, 0.1) is 5.92 Å². The van der Waals surface area contributed by atoms with Crippen molar-refractivity contribution >= 4 is 5.82 Å². The number of nitrogens with zero attached hydrogens (tertiary/aromatic N) is 4. The van der Waals surface area contributed by atoms with Gasteiger partial charge in [-0.3, -0.25) is 5.43 Å². The quantitative estimate of drug-likeness (QED) is 0.808. The summed E-state index contributed by atoms with van der Waals surface area (Å²) in [5.74, 6) is 1.23. The van der Waals surface area contributed by atoms with Gasteiger partial charge < -0.3 is 14.5 Å². The topological polar surface area (TPSA) is 65.6 Å². The molecule has 156 valence electrons. The zero-order chi connectivity index (χ0) is 19.8. The third kappa shape index (κ3) is 4.01. The van der Waals surface area contributed by atoms with Crippen molar-refractivity contribution in [2.45, 2.75) is 70.1 Å². The first kappa shape index (κ1) is 19.9. The van der Waals surface area contributed by atoms with Crippen LogP contribution >= 0.6 is 0 Å². The molecular weight excluding hydrogens is 359 g/mol. The molecule has 0 amide bonds. The van der Waals surface area contributed by atoms with E-state index in [1.807, 2.05) is 13.8 Å². The lowest BCUT2D eigenvalue weighted by molar-refractivity contribution is -0.0708. The van der Waals surface area contributed by atoms with Gasteiger partial charge >= 0.3 is 0 Å². The van der Waals surface area contributed by atoms with E-state index in [0.29, 0.717) is 18.9 Å². The molecule has 3 fully saturated rings. The van der Waals surface area contributed by atoms with Gasteiger partial charge in [0.25, 0.3) is 0 Å². The summed E-state index contributed by atoms with van der Waals surface area (Å²) < 4.78 is 20.4. The van der Waals surface area contributed by atoms with Crippen molar-refractivity contribution in [2.24, 2.45) is 5.92 Å². The predicted molar refractivity (Wildman–Crippen MR) is 107 cm³/mol. The number of anilines is 1. The summed E-state index contributed by atoms with van der Waals surface area (Å²) in [6, 6.07) is 2.74. The average molecular weight is 393 g/mol. The first-order valence-electron chi connectivity index (χ1n) is 10.5. The van der Waals surface area contributed by atoms with E-state index in [0.717, 1.165) is 31.1 Å². The van der Waals surface area contributed by atoms with Crippen molar-refractivity contribution in [3.8, 4) is 0 Å². The molecule has 3 heterocycles. The number of alkyl halides is 1. The third-order valence-corrected chi connectivity index (χ3v) is 6.48. The molecule has 2 aliphatic heterocycles. The molecule has 6 atom stereocenters. The fourth-order valence-corrected chi connectivity index (χ4v) is 4.73. The maximum atomic E-state index is 14.5. The Morgan fingerprint density at radius 3 is 2.79 bits per heavy atom. The number of nitrogens with one attached hydrogen (secondary N) is 2. The van der Waals surface area contributed by atoms with Crippen LogP contribution in [0.15, 0.2) is 12.4 Å². The zero-order valence-electron chi connectivity index (χ0n) is 17.3. The smallest absolute Gasteiger partial charge is 0.132 e. The average Bonchev–Trinajstić information content (AvgIpc) is 3.06. The number of hydrogen-bond donors (Lipinski definition) is 2. The molecule has 3 aliphatic rings. The van der Waals surface area contributed by atoms with Crippen LogP contribution in [0.3, 0.4) is 0 Å². The SMILES string of the molecule is CC(C)OC1CC2C(CC1F)NNC2c1cc(N2CCN(C)[C@@H](C)C2)ncn1. The van der Waals surface area contributed by atoms with Crippen molar-refractivity contribution in [3.05, 3.63) is 18.1 Å². The lowest BCUT2D eigenvalue weighted by Gasteiger charge is -2.38. The Hall–Kier alpha value is -1.35. The fourth-order valence-electron chi connectivity index (χ4n) is 4.73. The number of fused-ring (bicyclic) bond motifs is 1. The minimum absolute atomic E-state index is 0.0328. The number of likely N-dealkylation sites (N-methyl/N-ethyl adjacent to an activating group) is 1. The lowest BCUT2D eigenvalue weighted by Crippen LogP contribution is -2.50. The molecule has 5 unspecified atom stereocenters. The van der Waals surface area contributed by atoms with Crippen molar-refractivity contribution in [1.29, 1.82) is 0 Å². The van der Waals surface area contributed by atoms with Crippen LogP contribution in [-0.2, 0) is 4.74 Å². The van der Waals surface area contributed by atoms with E-state index in [-0.39, 0.29) is 30.2 Å². The summed E-state index contributed by atoms with van der Waals surface area (Å²) in [5, 5.41) is 0. The molecular formula is C20H33FN6O. The molecule has 1 aliphatic carbocycles. The number of hydrazine groups is 1. The van der Waals surface area contributed by atoms with Gasteiger partial charge in [0, 0.05) is 43.7 Å². The van der Waals surface area contributed by atoms with Gasteiger partial charge in [-0.2, -0.15) is 0 Å². The highest BCUT2D eigenvalue weighted by atomic mass is 19.1. The molecule has 0 bridgehead atoms. The van der Waals surface area contributed by atoms with E-state index in [2.05, 4.69) is 50.7 Å². The van der Waals surface area contributed by atoms with Crippen molar-refractivity contribution < 1.29 is 9.13 Å². The maximum absolute atomic E-state index is 14.5. The highest BCUT2D eigenvalue weighted by molar-refractivity contribution is 5.41. The first-order valence-corrected chi connectivity index (χ1v) is 10.5. The zero-order valence-corrected chi connectivity index (χ0v) is 17.3. The van der Waals surface area contributed by atoms with E-state index in [1.165, 1.54) is 0 Å². The lowest BCUT2D eigenvalue weighted by atomic mass is 9.78. The molecule has 2 saturated heterocycles. The van der Waals surface area contributed by atoms with Crippen LogP contribution in [0.4, 0.5) is 10.2 Å². The van der Waals surface area contributed by atoms with Gasteiger partial charge in [-0.25, -0.2) is 19.8 Å². The Morgan fingerprint density at radius 2 is 2.04 bits per heavy atom. The van der Waals surface area contributed by atoms with Gasteiger partial charge in [0.2, 0.25) is 0 Å². The molecule has 1 saturated carbocycles. The molecule has 4 rings (SSSR count). The highest BCUT2D eigenvalue weighted by Crippen LogP contribution is 2.40. The fraction of sp³-hybridized carbons (Fsp3) is 0.800. The Bertz CT molecular complexity index is 676. The second-order valence-corrected chi connectivity index (χ2v) is 8.82. The molecule has 0 spiro atoms. The van der Waals surface area contributed by atoms with Crippen LogP contribution in [0.5, 0.6) is 0 Å². The number of aromatic nitrogens is 2. The van der Waals surface area contributed by atoms with Gasteiger partial charge in [-0.05, 0) is 40.7 Å². The molecule has 0 radical (unpaired) electrons. The van der Waals surface area contributed by atoms with E-state index in [1.54, 1.807) is 6.33 Å². The molecule has 28 heavy (non-hydrogen) atoms. The molecule has 1 aromatic rings. The standard InChI is InChI=1S/C20H33FN6O/c1-12(2)28-18-7-14-16(8-15(18)21)24-25-20(14)17-9-19(23-11-22-17)27-6-5-26(4)13(3)10-27/h9,11-16,18,20,24-25H,5-8,10H2,1-4H3/t13-,14?,15?,16?,18?,20?/m0/s1. The summed E-state index contributed by atoms with van der Waals surface area (Å²) in [7, 11) is 2.17. The van der Waals surface area contributed by atoms with E-state index in [4.69, 9.17) is 4.74 Å². The van der Waals surface area contributed by atoms with Gasteiger partial charge in [0.1, 0.15) is 18.3 Å². The van der Waals surface area contributed by atoms with Gasteiger partial charge in [0.05, 0.1) is 23.9 Å². The summed E-state index contributed by atoms with van der Waals surface area (Å²) >= 11 is 0. The predicted octanol–water partition coefficient (Wildman–Crippen LogP) is 1.68. The number of piperazine rings is 1. The Balaban J connectivity index is 1.50. The largest absolute Gasteiger partial charge is 0.373 e. The number of halogens is 1. The first-order chi connectivity index (χ1) is 13.4. The number of ether oxygens (including phenoxy) is 1. The summed E-state index contributed by atoms with van der Waals surface area (Å²) in [6.07, 6.45) is 1.59. The maximum Gasteiger partial charge on any atom is 0.132 e. The molecule has 0 aromatic carbocycles. The second-order valence-electron chi connectivity index (χ2n) is 8.82. The molecule has 7 nitrogen and oxygen atoms in total.